The number of aryl methyl sites for hydroxylation is 1. The number of hydrogen-bond donors (Lipinski definition) is 1. The molecule has 0 atom stereocenters. The Balaban J connectivity index is 1.85. The third-order valence-electron chi connectivity index (χ3n) is 3.75. The van der Waals surface area contributed by atoms with Gasteiger partial charge in [-0.15, -0.1) is 0 Å². The maximum absolute atomic E-state index is 13.7. The molecular weight excluding hydrogens is 229 g/mol. The second-order valence-electron chi connectivity index (χ2n) is 5.13. The van der Waals surface area contributed by atoms with Gasteiger partial charge in [-0.2, -0.15) is 0 Å². The Morgan fingerprint density at radius 3 is 2.83 bits per heavy atom. The Kier molecular flexibility index (Phi) is 4.34. The SMILES string of the molecule is Cc1cccc(C(=O)NCCC2CCCC2)c1F. The van der Waals surface area contributed by atoms with Crippen LogP contribution in [0.1, 0.15) is 48.0 Å². The lowest BCUT2D eigenvalue weighted by molar-refractivity contribution is 0.0947. The summed E-state index contributed by atoms with van der Waals surface area (Å²) < 4.78 is 13.7. The smallest absolute Gasteiger partial charge is 0.254 e. The summed E-state index contributed by atoms with van der Waals surface area (Å²) in [5.41, 5.74) is 0.667. The highest BCUT2D eigenvalue weighted by molar-refractivity contribution is 5.94. The van der Waals surface area contributed by atoms with Gasteiger partial charge >= 0.3 is 0 Å². The van der Waals surface area contributed by atoms with E-state index >= 15 is 0 Å². The van der Waals surface area contributed by atoms with Gasteiger partial charge in [-0.25, -0.2) is 4.39 Å². The molecule has 0 saturated heterocycles. The Morgan fingerprint density at radius 1 is 1.39 bits per heavy atom. The van der Waals surface area contributed by atoms with Crippen LogP contribution in [0.25, 0.3) is 0 Å². The molecule has 1 amide bonds. The Labute approximate surface area is 108 Å². The monoisotopic (exact) mass is 249 g/mol. The highest BCUT2D eigenvalue weighted by atomic mass is 19.1. The van der Waals surface area contributed by atoms with E-state index in [0.717, 1.165) is 12.3 Å². The zero-order valence-corrected chi connectivity index (χ0v) is 10.8. The third-order valence-corrected chi connectivity index (χ3v) is 3.75. The number of carbonyl (C=O) groups excluding carboxylic acids is 1. The fourth-order valence-electron chi connectivity index (χ4n) is 2.61. The van der Waals surface area contributed by atoms with Crippen molar-refractivity contribution in [2.45, 2.75) is 39.0 Å². The lowest BCUT2D eigenvalue weighted by atomic mass is 10.0. The molecule has 0 aromatic heterocycles. The Hall–Kier alpha value is -1.38. The van der Waals surface area contributed by atoms with Gasteiger partial charge in [0.2, 0.25) is 0 Å². The van der Waals surface area contributed by atoms with Crippen molar-refractivity contribution in [2.75, 3.05) is 6.54 Å². The molecule has 0 radical (unpaired) electrons. The van der Waals surface area contributed by atoms with Crippen LogP contribution in [0.2, 0.25) is 0 Å². The minimum Gasteiger partial charge on any atom is -0.352 e. The maximum atomic E-state index is 13.7. The van der Waals surface area contributed by atoms with Crippen LogP contribution in [0.15, 0.2) is 18.2 Å². The molecule has 0 aliphatic heterocycles. The predicted octanol–water partition coefficient (Wildman–Crippen LogP) is 3.44. The summed E-state index contributed by atoms with van der Waals surface area (Å²) in [6.07, 6.45) is 6.18. The summed E-state index contributed by atoms with van der Waals surface area (Å²) in [5.74, 6) is 0.0396. The molecule has 1 saturated carbocycles. The van der Waals surface area contributed by atoms with Gasteiger partial charge in [-0.3, -0.25) is 4.79 Å². The van der Waals surface area contributed by atoms with E-state index in [-0.39, 0.29) is 11.5 Å². The van der Waals surface area contributed by atoms with Crippen molar-refractivity contribution in [3.63, 3.8) is 0 Å². The maximum Gasteiger partial charge on any atom is 0.254 e. The molecule has 0 bridgehead atoms. The first kappa shape index (κ1) is 13.1. The van der Waals surface area contributed by atoms with Gasteiger partial charge in [0.05, 0.1) is 5.56 Å². The first-order chi connectivity index (χ1) is 8.68. The van der Waals surface area contributed by atoms with E-state index in [1.807, 2.05) is 0 Å². The van der Waals surface area contributed by atoms with Crippen molar-refractivity contribution >= 4 is 5.91 Å². The van der Waals surface area contributed by atoms with Crippen molar-refractivity contribution < 1.29 is 9.18 Å². The molecule has 1 aliphatic rings. The largest absolute Gasteiger partial charge is 0.352 e. The third kappa shape index (κ3) is 3.09. The summed E-state index contributed by atoms with van der Waals surface area (Å²) >= 11 is 0. The average molecular weight is 249 g/mol. The van der Waals surface area contributed by atoms with Gasteiger partial charge in [-0.05, 0) is 30.9 Å². The van der Waals surface area contributed by atoms with E-state index in [1.165, 1.54) is 31.7 Å². The lowest BCUT2D eigenvalue weighted by Gasteiger charge is -2.10. The number of carbonyl (C=O) groups is 1. The first-order valence-electron chi connectivity index (χ1n) is 6.72. The molecule has 2 nitrogen and oxygen atoms in total. The summed E-state index contributed by atoms with van der Waals surface area (Å²) in [7, 11) is 0. The number of rotatable bonds is 4. The van der Waals surface area contributed by atoms with Crippen LogP contribution in [-0.2, 0) is 0 Å². The zero-order valence-electron chi connectivity index (χ0n) is 10.8. The number of hydrogen-bond acceptors (Lipinski definition) is 1. The van der Waals surface area contributed by atoms with Crippen LogP contribution in [0, 0.1) is 18.7 Å². The van der Waals surface area contributed by atoms with Crippen molar-refractivity contribution in [3.8, 4) is 0 Å². The second kappa shape index (κ2) is 5.98. The minimum atomic E-state index is -0.407. The molecule has 98 valence electrons. The molecule has 1 aromatic carbocycles. The molecule has 0 heterocycles. The number of amides is 1. The van der Waals surface area contributed by atoms with Gasteiger partial charge in [-0.1, -0.05) is 37.8 Å². The van der Waals surface area contributed by atoms with Crippen LogP contribution in [0.5, 0.6) is 0 Å². The van der Waals surface area contributed by atoms with Crippen molar-refractivity contribution in [1.82, 2.24) is 5.32 Å². The lowest BCUT2D eigenvalue weighted by Crippen LogP contribution is -2.26. The fraction of sp³-hybridized carbons (Fsp3) is 0.533. The first-order valence-corrected chi connectivity index (χ1v) is 6.72. The van der Waals surface area contributed by atoms with Crippen molar-refractivity contribution in [1.29, 1.82) is 0 Å². The molecule has 1 aliphatic carbocycles. The highest BCUT2D eigenvalue weighted by Gasteiger charge is 2.16. The molecule has 18 heavy (non-hydrogen) atoms. The number of halogens is 1. The van der Waals surface area contributed by atoms with Gasteiger partial charge in [0.1, 0.15) is 5.82 Å². The molecule has 1 N–H and O–H groups in total. The van der Waals surface area contributed by atoms with Crippen molar-refractivity contribution in [2.24, 2.45) is 5.92 Å². The highest BCUT2D eigenvalue weighted by Crippen LogP contribution is 2.26. The van der Waals surface area contributed by atoms with Gasteiger partial charge < -0.3 is 5.32 Å². The van der Waals surface area contributed by atoms with E-state index in [2.05, 4.69) is 5.32 Å². The van der Waals surface area contributed by atoms with Gasteiger partial charge in [0.15, 0.2) is 0 Å². The summed E-state index contributed by atoms with van der Waals surface area (Å²) in [4.78, 5) is 11.8. The molecule has 0 unspecified atom stereocenters. The molecule has 2 rings (SSSR count). The summed E-state index contributed by atoms with van der Waals surface area (Å²) in [6, 6.07) is 4.92. The van der Waals surface area contributed by atoms with Crippen molar-refractivity contribution in [3.05, 3.63) is 35.1 Å². The molecule has 1 fully saturated rings. The standard InChI is InChI=1S/C15H20FNO/c1-11-5-4-8-13(14(11)16)15(18)17-10-9-12-6-2-3-7-12/h4-5,8,12H,2-3,6-7,9-10H2,1H3,(H,17,18). The van der Waals surface area contributed by atoms with Gasteiger partial charge in [0.25, 0.3) is 5.91 Å². The fourth-order valence-corrected chi connectivity index (χ4v) is 2.61. The molecule has 1 aromatic rings. The van der Waals surface area contributed by atoms with Crippen LogP contribution in [0.3, 0.4) is 0 Å². The minimum absolute atomic E-state index is 0.154. The van der Waals surface area contributed by atoms with E-state index in [1.54, 1.807) is 19.1 Å². The Bertz CT molecular complexity index is 425. The quantitative estimate of drug-likeness (QED) is 0.870. The molecule has 0 spiro atoms. The summed E-state index contributed by atoms with van der Waals surface area (Å²) in [5, 5.41) is 2.81. The predicted molar refractivity (Wildman–Crippen MR) is 70.0 cm³/mol. The van der Waals surface area contributed by atoms with Crippen LogP contribution in [-0.4, -0.2) is 12.5 Å². The number of benzene rings is 1. The van der Waals surface area contributed by atoms with Gasteiger partial charge in [0, 0.05) is 6.54 Å². The summed E-state index contributed by atoms with van der Waals surface area (Å²) in [6.45, 7) is 2.32. The molecular formula is C15H20FNO. The zero-order chi connectivity index (χ0) is 13.0. The van der Waals surface area contributed by atoms with E-state index in [9.17, 15) is 9.18 Å². The van der Waals surface area contributed by atoms with Crippen LogP contribution >= 0.6 is 0 Å². The van der Waals surface area contributed by atoms with E-state index in [0.29, 0.717) is 12.1 Å². The van der Waals surface area contributed by atoms with Crippen LogP contribution < -0.4 is 5.32 Å². The van der Waals surface area contributed by atoms with E-state index < -0.39 is 5.82 Å². The second-order valence-corrected chi connectivity index (χ2v) is 5.13. The van der Waals surface area contributed by atoms with Crippen LogP contribution in [0.4, 0.5) is 4.39 Å². The molecule has 3 heteroatoms. The normalized spacial score (nSPS) is 15.9. The van der Waals surface area contributed by atoms with E-state index in [4.69, 9.17) is 0 Å². The topological polar surface area (TPSA) is 29.1 Å². The Morgan fingerprint density at radius 2 is 2.11 bits per heavy atom. The number of nitrogens with one attached hydrogen (secondary N) is 1. The average Bonchev–Trinajstić information content (AvgIpc) is 2.85.